The van der Waals surface area contributed by atoms with E-state index in [1.165, 1.54) is 9.80 Å². The number of nitrogens with one attached hydrogen (secondary N) is 1. The number of amides is 3. The molecule has 5 aromatic rings. The van der Waals surface area contributed by atoms with Crippen LogP contribution in [0.1, 0.15) is 58.0 Å². The fourth-order valence-corrected chi connectivity index (χ4v) is 8.33. The van der Waals surface area contributed by atoms with Gasteiger partial charge in [-0.3, -0.25) is 9.78 Å². The van der Waals surface area contributed by atoms with Crippen molar-refractivity contribution in [1.82, 2.24) is 20.1 Å². The van der Waals surface area contributed by atoms with E-state index in [1.54, 1.807) is 30.5 Å². The van der Waals surface area contributed by atoms with Crippen LogP contribution in [-0.4, -0.2) is 75.5 Å². The predicted octanol–water partition coefficient (Wildman–Crippen LogP) is 9.15. The van der Waals surface area contributed by atoms with Crippen LogP contribution in [-0.2, 0) is 35.6 Å². The Hall–Kier alpha value is -5.92. The number of carboxylic acids is 1. The maximum Gasteiger partial charge on any atom is 0.326 e. The van der Waals surface area contributed by atoms with Crippen molar-refractivity contribution in [1.29, 1.82) is 0 Å². The number of aromatic nitrogens is 1. The number of ether oxygens (including phenoxy) is 3. The molecular formula is C47H44Cl2F2N4O7. The van der Waals surface area contributed by atoms with Gasteiger partial charge in [-0.15, -0.1) is 0 Å². The van der Waals surface area contributed by atoms with Crippen LogP contribution < -0.4 is 19.5 Å². The van der Waals surface area contributed by atoms with E-state index in [0.717, 1.165) is 33.5 Å². The van der Waals surface area contributed by atoms with E-state index in [9.17, 15) is 28.3 Å². The molecule has 3 atom stereocenters. The lowest BCUT2D eigenvalue weighted by molar-refractivity contribution is -0.142. The van der Waals surface area contributed by atoms with Gasteiger partial charge in [-0.05, 0) is 101 Å². The predicted molar refractivity (Wildman–Crippen MR) is 229 cm³/mol. The lowest BCUT2D eigenvalue weighted by Gasteiger charge is -2.41. The maximum absolute atomic E-state index is 14.2. The number of aryl methyl sites for hydroxylation is 1. The number of hydrogen-bond acceptors (Lipinski definition) is 7. The molecule has 4 heterocycles. The number of nitrogens with zero attached hydrogens (tertiary/aromatic N) is 3. The SMILES string of the molecule is Cc1nccc(-c2ccc(CC(NC(=O)[C@@H]3Cc4cc5c(cc4CN3C(=O)N3CCC(F)(F)CC3)O[C@@H](c3ccc(OCc4ccc(Cl)c(Cl)c4)cc3)CO5)C(=O)O)cc2)c1C. The second kappa shape index (κ2) is 17.8. The minimum atomic E-state index is -2.89. The van der Waals surface area contributed by atoms with Gasteiger partial charge >= 0.3 is 12.0 Å². The molecule has 0 saturated carbocycles. The standard InChI is InChI=1S/C47H44Cl2F2N4O7/c1-27-28(2)52-16-13-36(27)31-6-3-29(4-7-31)20-39(45(57)58)53-44(56)40-21-33-22-41-42(23-34(33)24-55(40)46(59)54-17-14-47(50,51)15-18-54)62-43(26-61-41)32-8-10-35(11-9-32)60-25-30-5-12-37(48)38(49)19-30/h3-13,16,19,22-23,39-40,43H,14-15,17-18,20-21,24-26H2,1-2H3,(H,53,56)(H,57,58)/t39?,40-,43+/m0/s1. The topological polar surface area (TPSA) is 131 Å². The average Bonchev–Trinajstić information content (AvgIpc) is 3.26. The molecule has 8 rings (SSSR count). The van der Waals surface area contributed by atoms with Crippen LogP contribution in [0.5, 0.6) is 17.2 Å². The molecule has 4 aromatic carbocycles. The summed E-state index contributed by atoms with van der Waals surface area (Å²) in [4.78, 5) is 47.9. The maximum atomic E-state index is 14.2. The molecule has 1 saturated heterocycles. The molecule has 15 heteroatoms. The summed E-state index contributed by atoms with van der Waals surface area (Å²) in [6, 6.07) is 22.7. The zero-order chi connectivity index (χ0) is 43.7. The molecule has 0 radical (unpaired) electrons. The van der Waals surface area contributed by atoms with E-state index >= 15 is 0 Å². The smallest absolute Gasteiger partial charge is 0.326 e. The summed E-state index contributed by atoms with van der Waals surface area (Å²) >= 11 is 12.2. The van der Waals surface area contributed by atoms with Gasteiger partial charge in [0.05, 0.1) is 10.0 Å². The number of urea groups is 1. The average molecular weight is 886 g/mol. The third-order valence-corrected chi connectivity index (χ3v) is 12.5. The number of piperidine rings is 1. The van der Waals surface area contributed by atoms with Gasteiger partial charge < -0.3 is 34.4 Å². The third-order valence-electron chi connectivity index (χ3n) is 11.8. The van der Waals surface area contributed by atoms with Gasteiger partial charge in [0.2, 0.25) is 5.91 Å². The van der Waals surface area contributed by atoms with E-state index in [2.05, 4.69) is 10.3 Å². The molecule has 0 aliphatic carbocycles. The van der Waals surface area contributed by atoms with Crippen molar-refractivity contribution in [3.05, 3.63) is 140 Å². The molecular weight excluding hydrogens is 841 g/mol. The Morgan fingerprint density at radius 1 is 0.919 bits per heavy atom. The highest BCUT2D eigenvalue weighted by molar-refractivity contribution is 6.42. The Bertz CT molecular complexity index is 2500. The number of benzene rings is 4. The zero-order valence-electron chi connectivity index (χ0n) is 34.0. The highest BCUT2D eigenvalue weighted by Gasteiger charge is 2.42. The number of halogens is 4. The molecule has 62 heavy (non-hydrogen) atoms. The molecule has 3 aliphatic heterocycles. The quantitative estimate of drug-likeness (QED) is 0.142. The minimum absolute atomic E-state index is 0.0114. The van der Waals surface area contributed by atoms with Gasteiger partial charge in [0.1, 0.15) is 31.0 Å². The second-order valence-electron chi connectivity index (χ2n) is 15.9. The zero-order valence-corrected chi connectivity index (χ0v) is 35.5. The summed E-state index contributed by atoms with van der Waals surface area (Å²) < 4.78 is 46.9. The molecule has 11 nitrogen and oxygen atoms in total. The number of likely N-dealkylation sites (tertiary alicyclic amines) is 1. The number of alkyl halides is 2. The Labute approximate surface area is 367 Å². The van der Waals surface area contributed by atoms with Crippen molar-refractivity contribution in [3.63, 3.8) is 0 Å². The van der Waals surface area contributed by atoms with Crippen molar-refractivity contribution in [2.45, 2.75) is 76.8 Å². The van der Waals surface area contributed by atoms with Gasteiger partial charge in [-0.25, -0.2) is 18.4 Å². The van der Waals surface area contributed by atoms with Crippen LogP contribution in [0.4, 0.5) is 13.6 Å². The van der Waals surface area contributed by atoms with Crippen molar-refractivity contribution >= 4 is 41.1 Å². The summed E-state index contributed by atoms with van der Waals surface area (Å²) in [5, 5.41) is 13.9. The largest absolute Gasteiger partial charge is 0.489 e. The van der Waals surface area contributed by atoms with Crippen LogP contribution in [0.3, 0.4) is 0 Å². The van der Waals surface area contributed by atoms with Crippen LogP contribution >= 0.6 is 23.2 Å². The van der Waals surface area contributed by atoms with Crippen molar-refractivity contribution < 1.29 is 42.5 Å². The van der Waals surface area contributed by atoms with E-state index in [1.807, 2.05) is 74.5 Å². The highest BCUT2D eigenvalue weighted by Crippen LogP contribution is 2.41. The Morgan fingerprint density at radius 2 is 1.63 bits per heavy atom. The van der Waals surface area contributed by atoms with Crippen molar-refractivity contribution in [3.8, 4) is 28.4 Å². The lowest BCUT2D eigenvalue weighted by atomic mass is 9.92. The Kier molecular flexibility index (Phi) is 12.3. The number of pyridine rings is 1. The van der Waals surface area contributed by atoms with Crippen LogP contribution in [0.15, 0.2) is 91.1 Å². The summed E-state index contributed by atoms with van der Waals surface area (Å²) in [7, 11) is 0. The molecule has 1 unspecified atom stereocenters. The summed E-state index contributed by atoms with van der Waals surface area (Å²) in [6.45, 7) is 4.02. The van der Waals surface area contributed by atoms with Gasteiger partial charge in [-0.2, -0.15) is 0 Å². The number of rotatable bonds is 10. The highest BCUT2D eigenvalue weighted by atomic mass is 35.5. The first-order valence-corrected chi connectivity index (χ1v) is 21.1. The fraction of sp³-hybridized carbons (Fsp3) is 0.319. The van der Waals surface area contributed by atoms with Crippen LogP contribution in [0, 0.1) is 13.8 Å². The minimum Gasteiger partial charge on any atom is -0.489 e. The molecule has 2 N–H and O–H groups in total. The fourth-order valence-electron chi connectivity index (χ4n) is 8.01. The molecule has 1 aromatic heterocycles. The van der Waals surface area contributed by atoms with Crippen LogP contribution in [0.2, 0.25) is 10.0 Å². The number of aliphatic carboxylic acids is 1. The summed E-state index contributed by atoms with van der Waals surface area (Å²) in [5.74, 6) is -3.26. The number of carbonyl (C=O) groups is 3. The van der Waals surface area contributed by atoms with Gasteiger partial charge in [0, 0.05) is 57.2 Å². The molecule has 0 bridgehead atoms. The summed E-state index contributed by atoms with van der Waals surface area (Å²) in [6.07, 6.45) is 0.309. The number of hydrogen-bond donors (Lipinski definition) is 2. The first-order chi connectivity index (χ1) is 29.7. The lowest BCUT2D eigenvalue weighted by Crippen LogP contribution is -2.59. The number of carboxylic acid groups (broad SMARTS) is 1. The normalized spacial score (nSPS) is 18.4. The van der Waals surface area contributed by atoms with Crippen molar-refractivity contribution in [2.24, 2.45) is 0 Å². The molecule has 322 valence electrons. The molecule has 0 spiro atoms. The van der Waals surface area contributed by atoms with E-state index in [-0.39, 0.29) is 39.1 Å². The van der Waals surface area contributed by atoms with Crippen molar-refractivity contribution in [2.75, 3.05) is 19.7 Å². The van der Waals surface area contributed by atoms with E-state index in [0.29, 0.717) is 50.6 Å². The first-order valence-electron chi connectivity index (χ1n) is 20.3. The van der Waals surface area contributed by atoms with Gasteiger partial charge in [0.15, 0.2) is 17.6 Å². The summed E-state index contributed by atoms with van der Waals surface area (Å²) in [5.41, 5.74) is 7.71. The number of fused-ring (bicyclic) bond motifs is 2. The second-order valence-corrected chi connectivity index (χ2v) is 16.7. The molecule has 3 amide bonds. The Morgan fingerprint density at radius 3 is 2.34 bits per heavy atom. The van der Waals surface area contributed by atoms with E-state index < -0.39 is 54.9 Å². The van der Waals surface area contributed by atoms with Crippen LogP contribution in [0.25, 0.3) is 11.1 Å². The van der Waals surface area contributed by atoms with Gasteiger partial charge in [0.25, 0.3) is 5.92 Å². The molecule has 3 aliphatic rings. The van der Waals surface area contributed by atoms with E-state index in [4.69, 9.17) is 37.4 Å². The third kappa shape index (κ3) is 9.44. The molecule has 1 fully saturated rings. The number of carbonyl (C=O) groups excluding carboxylic acids is 2. The van der Waals surface area contributed by atoms with Gasteiger partial charge in [-0.1, -0.05) is 65.7 Å². The monoisotopic (exact) mass is 884 g/mol. The Balaban J connectivity index is 0.982. The first kappa shape index (κ1) is 42.8.